The van der Waals surface area contributed by atoms with Gasteiger partial charge in [-0.1, -0.05) is 5.16 Å². The highest BCUT2D eigenvalue weighted by Gasteiger charge is 2.25. The van der Waals surface area contributed by atoms with Crippen molar-refractivity contribution in [3.63, 3.8) is 0 Å². The smallest absolute Gasteiger partial charge is 0.138 e. The van der Waals surface area contributed by atoms with E-state index in [0.29, 0.717) is 19.6 Å². The molecule has 2 aromatic heterocycles. The van der Waals surface area contributed by atoms with Crippen molar-refractivity contribution in [1.29, 1.82) is 0 Å². The second-order valence-corrected chi connectivity index (χ2v) is 8.02. The predicted octanol–water partition coefficient (Wildman–Crippen LogP) is 3.65. The molecule has 4 rings (SSSR count). The molecule has 0 radical (unpaired) electrons. The van der Waals surface area contributed by atoms with Crippen LogP contribution in [-0.4, -0.2) is 45.5 Å². The number of aryl methyl sites for hydroxylation is 2. The Bertz CT molecular complexity index is 1040. The number of terminal acetylenes is 1. The average molecular weight is 408 g/mol. The number of aliphatic hydroxyl groups is 1. The van der Waals surface area contributed by atoms with Crippen LogP contribution >= 0.6 is 0 Å². The normalized spacial score (nSPS) is 16.9. The van der Waals surface area contributed by atoms with E-state index in [1.807, 2.05) is 19.9 Å². The van der Waals surface area contributed by atoms with Crippen molar-refractivity contribution in [3.8, 4) is 18.1 Å². The van der Waals surface area contributed by atoms with E-state index in [0.717, 1.165) is 54.2 Å². The third-order valence-electron chi connectivity index (χ3n) is 6.04. The van der Waals surface area contributed by atoms with E-state index in [-0.39, 0.29) is 12.6 Å². The Kier molecular flexibility index (Phi) is 6.12. The Morgan fingerprint density at radius 3 is 2.93 bits per heavy atom. The lowest BCUT2D eigenvalue weighted by Crippen LogP contribution is -2.31. The van der Waals surface area contributed by atoms with Gasteiger partial charge in [0.05, 0.1) is 25.5 Å². The second-order valence-electron chi connectivity index (χ2n) is 8.02. The zero-order valence-corrected chi connectivity index (χ0v) is 17.7. The topological polar surface area (TPSA) is 63.7 Å². The molecule has 1 aromatic carbocycles. The molecule has 0 amide bonds. The van der Waals surface area contributed by atoms with Crippen LogP contribution in [0.3, 0.4) is 0 Å². The summed E-state index contributed by atoms with van der Waals surface area (Å²) in [7, 11) is 0. The van der Waals surface area contributed by atoms with E-state index in [1.54, 1.807) is 0 Å². The van der Waals surface area contributed by atoms with Gasteiger partial charge < -0.3 is 18.9 Å². The van der Waals surface area contributed by atoms with E-state index >= 15 is 0 Å². The van der Waals surface area contributed by atoms with Gasteiger partial charge in [-0.25, -0.2) is 0 Å². The van der Waals surface area contributed by atoms with Crippen LogP contribution in [0.2, 0.25) is 0 Å². The lowest BCUT2D eigenvalue weighted by Gasteiger charge is -2.22. The second kappa shape index (κ2) is 8.95. The fraction of sp³-hybridized carbons (Fsp3) is 0.458. The Morgan fingerprint density at radius 2 is 2.20 bits per heavy atom. The first-order chi connectivity index (χ1) is 14.6. The van der Waals surface area contributed by atoms with Crippen molar-refractivity contribution in [2.75, 3.05) is 19.8 Å². The van der Waals surface area contributed by atoms with Crippen LogP contribution in [0.25, 0.3) is 10.9 Å². The minimum atomic E-state index is 0.207. The van der Waals surface area contributed by atoms with E-state index in [9.17, 15) is 5.11 Å². The van der Waals surface area contributed by atoms with Crippen LogP contribution in [0.4, 0.5) is 0 Å². The summed E-state index contributed by atoms with van der Waals surface area (Å²) in [5.74, 6) is 4.29. The summed E-state index contributed by atoms with van der Waals surface area (Å²) in [5.41, 5.74) is 4.42. The molecule has 0 unspecified atom stereocenters. The molecule has 3 aromatic rings. The lowest BCUT2D eigenvalue weighted by atomic mass is 10.1. The van der Waals surface area contributed by atoms with E-state index in [4.69, 9.17) is 15.7 Å². The number of nitrogens with zero attached hydrogens (tertiary/aromatic N) is 3. The Balaban J connectivity index is 1.69. The molecule has 1 aliphatic rings. The fourth-order valence-corrected chi connectivity index (χ4v) is 4.35. The first-order valence-corrected chi connectivity index (χ1v) is 10.6. The number of fused-ring (bicyclic) bond motifs is 1. The van der Waals surface area contributed by atoms with Crippen molar-refractivity contribution in [3.05, 3.63) is 47.0 Å². The Hall–Kier alpha value is -2.75. The molecule has 3 heterocycles. The van der Waals surface area contributed by atoms with Crippen LogP contribution in [0, 0.1) is 26.2 Å². The van der Waals surface area contributed by atoms with Gasteiger partial charge in [-0.2, -0.15) is 0 Å². The molecular weight excluding hydrogens is 378 g/mol. The van der Waals surface area contributed by atoms with Gasteiger partial charge in [-0.05, 0) is 57.0 Å². The standard InChI is InChI=1S/C24H29N3O3/c1-4-5-11-29-21-8-9-24-22(12-21)19(13-26-10-6-7-20(26)16-28)14-27(24)15-23-17(2)25-30-18(23)3/h1,8-9,12,14,20,28H,5-7,10-11,13,15-16H2,2-3H3/t20-/m0/s1. The summed E-state index contributed by atoms with van der Waals surface area (Å²) >= 11 is 0. The van der Waals surface area contributed by atoms with Crippen molar-refractivity contribution in [2.24, 2.45) is 0 Å². The first kappa shape index (κ1) is 20.5. The number of hydrogen-bond acceptors (Lipinski definition) is 5. The van der Waals surface area contributed by atoms with Crippen LogP contribution in [0.5, 0.6) is 5.75 Å². The van der Waals surface area contributed by atoms with E-state index in [1.165, 1.54) is 10.9 Å². The zero-order chi connectivity index (χ0) is 21.1. The van der Waals surface area contributed by atoms with Gasteiger partial charge in [0.25, 0.3) is 0 Å². The Morgan fingerprint density at radius 1 is 1.33 bits per heavy atom. The van der Waals surface area contributed by atoms with Gasteiger partial charge >= 0.3 is 0 Å². The summed E-state index contributed by atoms with van der Waals surface area (Å²) in [5, 5.41) is 15.0. The third kappa shape index (κ3) is 4.09. The quantitative estimate of drug-likeness (QED) is 0.456. The maximum Gasteiger partial charge on any atom is 0.138 e. The van der Waals surface area contributed by atoms with Crippen molar-refractivity contribution >= 4 is 10.9 Å². The molecule has 6 nitrogen and oxygen atoms in total. The van der Waals surface area contributed by atoms with Crippen LogP contribution in [-0.2, 0) is 13.1 Å². The number of aliphatic hydroxyl groups excluding tert-OH is 1. The summed E-state index contributed by atoms with van der Waals surface area (Å²) in [4.78, 5) is 2.38. The third-order valence-corrected chi connectivity index (χ3v) is 6.04. The largest absolute Gasteiger partial charge is 0.493 e. The number of aromatic nitrogens is 2. The predicted molar refractivity (Wildman–Crippen MR) is 116 cm³/mol. The average Bonchev–Trinajstić information content (AvgIpc) is 3.43. The van der Waals surface area contributed by atoms with Gasteiger partial charge in [0.1, 0.15) is 11.5 Å². The minimum absolute atomic E-state index is 0.207. The molecule has 1 saturated heterocycles. The highest BCUT2D eigenvalue weighted by atomic mass is 16.5. The monoisotopic (exact) mass is 407 g/mol. The van der Waals surface area contributed by atoms with Crippen LogP contribution < -0.4 is 4.74 Å². The van der Waals surface area contributed by atoms with E-state index in [2.05, 4.69) is 38.9 Å². The Labute approximate surface area is 177 Å². The summed E-state index contributed by atoms with van der Waals surface area (Å²) < 4.78 is 13.5. The van der Waals surface area contributed by atoms with E-state index < -0.39 is 0 Å². The van der Waals surface area contributed by atoms with Gasteiger partial charge in [0.15, 0.2) is 0 Å². The molecule has 30 heavy (non-hydrogen) atoms. The van der Waals surface area contributed by atoms with Crippen molar-refractivity contribution < 1.29 is 14.4 Å². The van der Waals surface area contributed by atoms with Crippen molar-refractivity contribution in [2.45, 2.75) is 52.2 Å². The summed E-state index contributed by atoms with van der Waals surface area (Å²) in [6, 6.07) is 6.45. The summed E-state index contributed by atoms with van der Waals surface area (Å²) in [6.45, 7) is 7.18. The highest BCUT2D eigenvalue weighted by molar-refractivity contribution is 5.85. The molecule has 1 N–H and O–H groups in total. The van der Waals surface area contributed by atoms with Gasteiger partial charge in [0, 0.05) is 41.7 Å². The fourth-order valence-electron chi connectivity index (χ4n) is 4.35. The van der Waals surface area contributed by atoms with Gasteiger partial charge in [-0.15, -0.1) is 12.3 Å². The van der Waals surface area contributed by atoms with Crippen LogP contribution in [0.15, 0.2) is 28.9 Å². The number of benzene rings is 1. The molecule has 6 heteroatoms. The molecule has 1 fully saturated rings. The molecule has 1 aliphatic heterocycles. The maximum absolute atomic E-state index is 9.73. The number of likely N-dealkylation sites (tertiary alicyclic amines) is 1. The summed E-state index contributed by atoms with van der Waals surface area (Å²) in [6.07, 6.45) is 10.3. The molecule has 0 bridgehead atoms. The minimum Gasteiger partial charge on any atom is -0.493 e. The number of hydrogen-bond donors (Lipinski definition) is 1. The molecule has 0 saturated carbocycles. The van der Waals surface area contributed by atoms with Crippen molar-refractivity contribution in [1.82, 2.24) is 14.6 Å². The van der Waals surface area contributed by atoms with Gasteiger partial charge in [-0.3, -0.25) is 4.90 Å². The highest BCUT2D eigenvalue weighted by Crippen LogP contribution is 2.30. The zero-order valence-electron chi connectivity index (χ0n) is 17.7. The maximum atomic E-state index is 9.73. The molecule has 1 atom stereocenters. The molecule has 158 valence electrons. The van der Waals surface area contributed by atoms with Gasteiger partial charge in [0.2, 0.25) is 0 Å². The molecule has 0 spiro atoms. The van der Waals surface area contributed by atoms with Crippen LogP contribution in [0.1, 0.15) is 41.8 Å². The molecular formula is C24H29N3O3. The lowest BCUT2D eigenvalue weighted by molar-refractivity contribution is 0.154. The first-order valence-electron chi connectivity index (χ1n) is 10.6. The number of rotatable bonds is 8. The SMILES string of the molecule is C#CCCOc1ccc2c(c1)c(CN1CCC[C@H]1CO)cn2Cc1c(C)noc1C. The molecule has 0 aliphatic carbocycles. The number of ether oxygens (including phenoxy) is 1.